The number of aromatic nitrogens is 3. The molecule has 1 aromatic rings. The second kappa shape index (κ2) is 8.92. The number of hydrogen-bond donors (Lipinski definition) is 1. The van der Waals surface area contributed by atoms with Gasteiger partial charge in [-0.3, -0.25) is 0 Å². The molecule has 0 fully saturated rings. The maximum atomic E-state index is 5.40. The van der Waals surface area contributed by atoms with Crippen molar-refractivity contribution in [3.63, 3.8) is 0 Å². The van der Waals surface area contributed by atoms with Crippen molar-refractivity contribution >= 4 is 17.2 Å². The van der Waals surface area contributed by atoms with Gasteiger partial charge in [-0.2, -0.15) is 0 Å². The van der Waals surface area contributed by atoms with Gasteiger partial charge < -0.3 is 19.9 Å². The van der Waals surface area contributed by atoms with Crippen molar-refractivity contribution < 1.29 is 14.2 Å². The number of ether oxygens (including phenoxy) is 3. The van der Waals surface area contributed by atoms with E-state index in [1.54, 1.807) is 18.1 Å². The zero-order valence-electron chi connectivity index (χ0n) is 10.4. The normalized spacial score (nSPS) is 10.7. The Morgan fingerprint density at radius 1 is 1.28 bits per heavy atom. The van der Waals surface area contributed by atoms with Crippen LogP contribution in [-0.4, -0.2) is 59.9 Å². The lowest BCUT2D eigenvalue weighted by atomic mass is 10.6. The Balaban J connectivity index is 2.02. The number of hydrogen-bond acceptors (Lipinski definition) is 6. The lowest BCUT2D eigenvalue weighted by molar-refractivity contribution is 0.0225. The third kappa shape index (κ3) is 6.01. The van der Waals surface area contributed by atoms with Crippen LogP contribution in [0.1, 0.15) is 5.82 Å². The number of nitrogens with zero attached hydrogens (tertiary/aromatic N) is 3. The summed E-state index contributed by atoms with van der Waals surface area (Å²) in [6.45, 7) is 3.42. The molecule has 0 spiro atoms. The Labute approximate surface area is 111 Å². The number of rotatable bonds is 10. The molecule has 1 rings (SSSR count). The molecule has 0 amide bonds. The maximum absolute atomic E-state index is 5.40. The lowest BCUT2D eigenvalue weighted by Gasteiger charge is -2.05. The minimum atomic E-state index is 0.196. The first-order chi connectivity index (χ1) is 8.74. The summed E-state index contributed by atoms with van der Waals surface area (Å²) in [5.74, 6) is 0.382. The van der Waals surface area contributed by atoms with Gasteiger partial charge in [-0.05, 0) is 0 Å². The standard InChI is InChI=1S/C10H18N4O3S/c1-15-4-5-17-7-6-16-3-2-14-8-12-10(13-14)9(11)18/h8H,2-7H2,1H3,(H2,11,18). The quantitative estimate of drug-likeness (QED) is 0.458. The Hall–Kier alpha value is -1.09. The fraction of sp³-hybridized carbons (Fsp3) is 0.700. The fourth-order valence-corrected chi connectivity index (χ4v) is 1.23. The highest BCUT2D eigenvalue weighted by Gasteiger charge is 2.02. The van der Waals surface area contributed by atoms with Crippen LogP contribution < -0.4 is 5.73 Å². The number of thiocarbonyl (C=S) groups is 1. The molecule has 0 aliphatic heterocycles. The summed E-state index contributed by atoms with van der Waals surface area (Å²) in [5.41, 5.74) is 5.40. The Morgan fingerprint density at radius 3 is 2.56 bits per heavy atom. The lowest BCUT2D eigenvalue weighted by Crippen LogP contribution is -2.14. The molecule has 102 valence electrons. The van der Waals surface area contributed by atoms with Crippen molar-refractivity contribution in [3.05, 3.63) is 12.2 Å². The highest BCUT2D eigenvalue weighted by atomic mass is 32.1. The van der Waals surface area contributed by atoms with E-state index in [1.165, 1.54) is 0 Å². The van der Waals surface area contributed by atoms with Crippen LogP contribution in [0.4, 0.5) is 0 Å². The summed E-state index contributed by atoms with van der Waals surface area (Å²) in [5, 5.41) is 4.08. The van der Waals surface area contributed by atoms with Crippen molar-refractivity contribution in [2.75, 3.05) is 40.1 Å². The van der Waals surface area contributed by atoms with E-state index in [9.17, 15) is 0 Å². The maximum Gasteiger partial charge on any atom is 0.208 e. The third-order valence-electron chi connectivity index (χ3n) is 2.03. The van der Waals surface area contributed by atoms with Crippen molar-refractivity contribution in [3.8, 4) is 0 Å². The van der Waals surface area contributed by atoms with E-state index in [-0.39, 0.29) is 4.99 Å². The second-order valence-electron chi connectivity index (χ2n) is 3.41. The molecule has 1 heterocycles. The summed E-state index contributed by atoms with van der Waals surface area (Å²) in [6, 6.07) is 0. The van der Waals surface area contributed by atoms with Crippen LogP contribution in [0, 0.1) is 0 Å². The first-order valence-corrected chi connectivity index (χ1v) is 5.98. The zero-order valence-corrected chi connectivity index (χ0v) is 11.2. The molecule has 1 aromatic heterocycles. The van der Waals surface area contributed by atoms with Gasteiger partial charge in [0.1, 0.15) is 11.3 Å². The predicted octanol–water partition coefficient (Wildman–Crippen LogP) is -0.408. The molecule has 0 saturated carbocycles. The minimum absolute atomic E-state index is 0.196. The molecular weight excluding hydrogens is 256 g/mol. The molecule has 0 aliphatic carbocycles. The van der Waals surface area contributed by atoms with E-state index in [4.69, 9.17) is 32.2 Å². The van der Waals surface area contributed by atoms with Crippen LogP contribution in [0.5, 0.6) is 0 Å². The van der Waals surface area contributed by atoms with E-state index in [2.05, 4.69) is 10.1 Å². The predicted molar refractivity (Wildman–Crippen MR) is 69.4 cm³/mol. The first kappa shape index (κ1) is 15.0. The van der Waals surface area contributed by atoms with Gasteiger partial charge in [0.15, 0.2) is 0 Å². The minimum Gasteiger partial charge on any atom is -0.387 e. The molecule has 0 bridgehead atoms. The summed E-state index contributed by atoms with van der Waals surface area (Å²) in [6.07, 6.45) is 1.58. The molecule has 0 aliphatic rings. The van der Waals surface area contributed by atoms with Gasteiger partial charge >= 0.3 is 0 Å². The van der Waals surface area contributed by atoms with Gasteiger partial charge in [-0.1, -0.05) is 12.2 Å². The van der Waals surface area contributed by atoms with Gasteiger partial charge in [0.25, 0.3) is 0 Å². The molecule has 8 heteroatoms. The Bertz CT molecular complexity index is 359. The second-order valence-corrected chi connectivity index (χ2v) is 3.85. The molecule has 0 atom stereocenters. The molecule has 0 unspecified atom stereocenters. The first-order valence-electron chi connectivity index (χ1n) is 5.57. The third-order valence-corrected chi connectivity index (χ3v) is 2.21. The molecular formula is C10H18N4O3S. The summed E-state index contributed by atoms with van der Waals surface area (Å²) >= 11 is 4.76. The van der Waals surface area contributed by atoms with Crippen LogP contribution in [0.3, 0.4) is 0 Å². The molecule has 0 radical (unpaired) electrons. The molecule has 0 saturated heterocycles. The van der Waals surface area contributed by atoms with Crippen molar-refractivity contribution in [2.45, 2.75) is 6.54 Å². The molecule has 0 aromatic carbocycles. The van der Waals surface area contributed by atoms with Crippen LogP contribution in [0.15, 0.2) is 6.33 Å². The number of methoxy groups -OCH3 is 1. The number of nitrogens with two attached hydrogens (primary N) is 1. The Kier molecular flexibility index (Phi) is 7.42. The highest BCUT2D eigenvalue weighted by molar-refractivity contribution is 7.80. The van der Waals surface area contributed by atoms with Crippen LogP contribution >= 0.6 is 12.2 Å². The SMILES string of the molecule is COCCOCCOCCn1cnc(C(N)=S)n1. The monoisotopic (exact) mass is 274 g/mol. The summed E-state index contributed by atoms with van der Waals surface area (Å²) < 4.78 is 17.1. The smallest absolute Gasteiger partial charge is 0.208 e. The summed E-state index contributed by atoms with van der Waals surface area (Å²) in [4.78, 5) is 4.15. The van der Waals surface area contributed by atoms with Crippen molar-refractivity contribution in [2.24, 2.45) is 5.73 Å². The van der Waals surface area contributed by atoms with E-state index in [1.807, 2.05) is 0 Å². The Morgan fingerprint density at radius 2 is 1.94 bits per heavy atom. The van der Waals surface area contributed by atoms with E-state index < -0.39 is 0 Å². The highest BCUT2D eigenvalue weighted by Crippen LogP contribution is 1.90. The van der Waals surface area contributed by atoms with E-state index in [0.29, 0.717) is 45.4 Å². The van der Waals surface area contributed by atoms with Gasteiger partial charge in [0, 0.05) is 7.11 Å². The van der Waals surface area contributed by atoms with E-state index >= 15 is 0 Å². The largest absolute Gasteiger partial charge is 0.387 e. The fourth-order valence-electron chi connectivity index (χ4n) is 1.14. The van der Waals surface area contributed by atoms with Crippen LogP contribution in [0.2, 0.25) is 0 Å². The van der Waals surface area contributed by atoms with Gasteiger partial charge in [0.05, 0.1) is 39.6 Å². The van der Waals surface area contributed by atoms with Gasteiger partial charge in [0.2, 0.25) is 5.82 Å². The van der Waals surface area contributed by atoms with Crippen LogP contribution in [0.25, 0.3) is 0 Å². The van der Waals surface area contributed by atoms with Gasteiger partial charge in [-0.25, -0.2) is 9.67 Å². The molecule has 7 nitrogen and oxygen atoms in total. The van der Waals surface area contributed by atoms with E-state index in [0.717, 1.165) is 0 Å². The van der Waals surface area contributed by atoms with Crippen molar-refractivity contribution in [1.82, 2.24) is 14.8 Å². The summed E-state index contributed by atoms with van der Waals surface area (Å²) in [7, 11) is 1.64. The zero-order chi connectivity index (χ0) is 13.2. The van der Waals surface area contributed by atoms with Crippen molar-refractivity contribution in [1.29, 1.82) is 0 Å². The molecule has 18 heavy (non-hydrogen) atoms. The average Bonchev–Trinajstić information content (AvgIpc) is 2.81. The molecule has 2 N–H and O–H groups in total. The van der Waals surface area contributed by atoms with Gasteiger partial charge in [-0.15, -0.1) is 5.10 Å². The van der Waals surface area contributed by atoms with Crippen LogP contribution in [-0.2, 0) is 20.8 Å². The topological polar surface area (TPSA) is 84.4 Å². The average molecular weight is 274 g/mol.